The molecule has 0 unspecified atom stereocenters. The molecule has 68 heavy (non-hydrogen) atoms. The molecule has 1 aromatic carbocycles. The lowest BCUT2D eigenvalue weighted by Gasteiger charge is -2.63. The molecule has 1 atom stereocenters. The van der Waals surface area contributed by atoms with Gasteiger partial charge >= 0.3 is 0 Å². The molecule has 18 heteroatoms. The van der Waals surface area contributed by atoms with Crippen LogP contribution in [-0.2, 0) is 22.4 Å². The number of nitriles is 1. The molecule has 3 aliphatic rings. The van der Waals surface area contributed by atoms with Gasteiger partial charge in [-0.3, -0.25) is 4.79 Å². The third-order valence-electron chi connectivity index (χ3n) is 13.7. The van der Waals surface area contributed by atoms with E-state index in [9.17, 15) is 15.2 Å². The van der Waals surface area contributed by atoms with E-state index in [4.69, 9.17) is 35.5 Å². The maximum atomic E-state index is 13.4. The molecule has 3 N–H and O–H groups in total. The summed E-state index contributed by atoms with van der Waals surface area (Å²) in [5.74, 6) is 3.25. The molecular weight excluding hydrogens is 886 g/mol. The number of aryl methyl sites for hydroxylation is 1. The fourth-order valence-electron chi connectivity index (χ4n) is 10.3. The number of piperidine rings is 2. The van der Waals surface area contributed by atoms with Crippen molar-refractivity contribution < 1.29 is 28.8 Å². The van der Waals surface area contributed by atoms with Gasteiger partial charge in [-0.1, -0.05) is 52.3 Å². The van der Waals surface area contributed by atoms with E-state index in [1.54, 1.807) is 30.6 Å². The number of nitrogens with one attached hydrogen (secondary N) is 2. The lowest BCUT2D eigenvalue weighted by Crippen LogP contribution is -2.74. The van der Waals surface area contributed by atoms with Crippen LogP contribution in [-0.4, -0.2) is 118 Å². The first-order valence-corrected chi connectivity index (χ1v) is 24.3. The van der Waals surface area contributed by atoms with Crippen molar-refractivity contribution in [2.24, 2.45) is 10.8 Å². The molecular formula is C50H64ClN11O6. The van der Waals surface area contributed by atoms with Crippen molar-refractivity contribution >= 4 is 40.7 Å². The summed E-state index contributed by atoms with van der Waals surface area (Å²) >= 11 is 6.25. The third kappa shape index (κ3) is 10.9. The summed E-state index contributed by atoms with van der Waals surface area (Å²) in [6.07, 6.45) is 13.3. The van der Waals surface area contributed by atoms with Crippen molar-refractivity contribution in [1.82, 2.24) is 34.9 Å². The molecule has 6 heterocycles. The fraction of sp³-hybridized carbons (Fsp3) is 0.540. The van der Waals surface area contributed by atoms with Gasteiger partial charge in [0.1, 0.15) is 36.2 Å². The second-order valence-electron chi connectivity index (χ2n) is 19.1. The molecule has 362 valence electrons. The zero-order valence-corrected chi connectivity index (χ0v) is 40.5. The molecule has 1 aliphatic carbocycles. The SMILES string of the molecule is CCc1cnn2c(NCc3ccc(OCCOCCOC4CCN(c5ncc(C(=O)NC6C(C)(C)C(Oc7ccc(C#N)c(Cl)c7)C6(C)C)cn5)CC4)nc3)cc(N3CCCC[C@H]3CCO)nc12. The van der Waals surface area contributed by atoms with Crippen LogP contribution >= 0.6 is 11.6 Å². The number of hydrogen-bond acceptors (Lipinski definition) is 15. The summed E-state index contributed by atoms with van der Waals surface area (Å²) in [6.45, 7) is 15.3. The summed E-state index contributed by atoms with van der Waals surface area (Å²) in [7, 11) is 0. The highest BCUT2D eigenvalue weighted by Gasteiger charge is 2.64. The molecule has 17 nitrogen and oxygen atoms in total. The second-order valence-corrected chi connectivity index (χ2v) is 19.5. The number of pyridine rings is 1. The Morgan fingerprint density at radius 1 is 0.941 bits per heavy atom. The summed E-state index contributed by atoms with van der Waals surface area (Å²) < 4.78 is 26.0. The predicted octanol–water partition coefficient (Wildman–Crippen LogP) is 7.05. The van der Waals surface area contributed by atoms with Crippen LogP contribution in [0.3, 0.4) is 0 Å². The number of aliphatic hydroxyl groups is 1. The number of aliphatic hydroxyl groups excluding tert-OH is 1. The van der Waals surface area contributed by atoms with Crippen LogP contribution in [0.15, 0.2) is 61.2 Å². The van der Waals surface area contributed by atoms with Gasteiger partial charge in [-0.15, -0.1) is 0 Å². The van der Waals surface area contributed by atoms with Crippen LogP contribution in [0.1, 0.15) is 100 Å². The second kappa shape index (κ2) is 21.7. The number of carbonyl (C=O) groups is 1. The van der Waals surface area contributed by atoms with Crippen molar-refractivity contribution in [3.8, 4) is 17.7 Å². The molecule has 2 saturated heterocycles. The highest BCUT2D eigenvalue weighted by molar-refractivity contribution is 6.31. The largest absolute Gasteiger partial charge is 0.489 e. The summed E-state index contributed by atoms with van der Waals surface area (Å²) in [5.41, 5.74) is 2.96. The van der Waals surface area contributed by atoms with Gasteiger partial charge in [0.25, 0.3) is 5.91 Å². The number of carbonyl (C=O) groups excluding carboxylic acids is 1. The normalized spacial score (nSPS) is 20.1. The fourth-order valence-corrected chi connectivity index (χ4v) is 10.5. The molecule has 8 rings (SSSR count). The van der Waals surface area contributed by atoms with E-state index < -0.39 is 0 Å². The zero-order valence-electron chi connectivity index (χ0n) is 39.8. The molecule has 1 saturated carbocycles. The van der Waals surface area contributed by atoms with Crippen molar-refractivity contribution in [1.29, 1.82) is 5.26 Å². The van der Waals surface area contributed by atoms with Crippen molar-refractivity contribution in [3.63, 3.8) is 0 Å². The molecule has 0 radical (unpaired) electrons. The Balaban J connectivity index is 0.712. The Hall–Kier alpha value is -5.80. The van der Waals surface area contributed by atoms with Crippen molar-refractivity contribution in [2.45, 2.75) is 110 Å². The van der Waals surface area contributed by atoms with Crippen LogP contribution in [0.2, 0.25) is 5.02 Å². The predicted molar refractivity (Wildman–Crippen MR) is 260 cm³/mol. The lowest BCUT2D eigenvalue weighted by atomic mass is 9.49. The molecule has 3 fully saturated rings. The maximum absolute atomic E-state index is 13.4. The first-order chi connectivity index (χ1) is 32.9. The smallest absolute Gasteiger partial charge is 0.254 e. The number of halogens is 1. The number of benzene rings is 1. The lowest BCUT2D eigenvalue weighted by molar-refractivity contribution is -0.164. The van der Waals surface area contributed by atoms with E-state index in [0.29, 0.717) is 66.7 Å². The Bertz CT molecular complexity index is 2510. The molecule has 0 bridgehead atoms. The standard InChI is InChI=1S/C50H64ClN11O6/c1-6-34-32-57-62-41(26-42(58-44(34)62)61-17-8-7-9-37(61)16-20-63)53-28-33-10-13-43(54-29-33)67-24-22-65-21-23-66-38-14-18-60(19-15-38)48-55-30-36(31-56-48)45(64)59-46-49(2,3)47(50(46,4)5)68-39-12-11-35(27-52)40(51)25-39/h10-13,25-26,29-32,37-38,46-47,53,63H,6-9,14-24,28H2,1-5H3,(H,59,64)/t37-,46?,47?/m0/s1. The highest BCUT2D eigenvalue weighted by Crippen LogP contribution is 2.55. The zero-order chi connectivity index (χ0) is 47.8. The number of rotatable bonds is 20. The Morgan fingerprint density at radius 3 is 2.43 bits per heavy atom. The number of nitrogens with zero attached hydrogens (tertiary/aromatic N) is 9. The number of anilines is 3. The van der Waals surface area contributed by atoms with Crippen LogP contribution in [0, 0.1) is 22.2 Å². The van der Waals surface area contributed by atoms with Gasteiger partial charge in [-0.25, -0.2) is 19.9 Å². The third-order valence-corrected chi connectivity index (χ3v) is 14.0. The van der Waals surface area contributed by atoms with Gasteiger partial charge in [0, 0.05) is 98.1 Å². The van der Waals surface area contributed by atoms with Gasteiger partial charge in [0.2, 0.25) is 11.8 Å². The van der Waals surface area contributed by atoms with Gasteiger partial charge in [-0.2, -0.15) is 14.9 Å². The number of ether oxygens (including phenoxy) is 4. The van der Waals surface area contributed by atoms with E-state index in [1.165, 1.54) is 6.42 Å². The van der Waals surface area contributed by atoms with Crippen molar-refractivity contribution in [3.05, 3.63) is 88.5 Å². The van der Waals surface area contributed by atoms with Gasteiger partial charge in [0.05, 0.1) is 48.3 Å². The van der Waals surface area contributed by atoms with Crippen molar-refractivity contribution in [2.75, 3.05) is 67.8 Å². The Kier molecular flexibility index (Phi) is 15.5. The summed E-state index contributed by atoms with van der Waals surface area (Å²) in [4.78, 5) is 36.5. The van der Waals surface area contributed by atoms with Crippen LogP contribution < -0.4 is 29.9 Å². The molecule has 2 aliphatic heterocycles. The number of amides is 1. The van der Waals surface area contributed by atoms with Gasteiger partial charge in [-0.05, 0) is 62.6 Å². The van der Waals surface area contributed by atoms with E-state index in [0.717, 1.165) is 86.6 Å². The number of hydrogen-bond donors (Lipinski definition) is 3. The molecule has 4 aromatic heterocycles. The monoisotopic (exact) mass is 949 g/mol. The summed E-state index contributed by atoms with van der Waals surface area (Å²) in [6, 6.07) is 13.2. The highest BCUT2D eigenvalue weighted by atomic mass is 35.5. The Labute approximate surface area is 403 Å². The average Bonchev–Trinajstić information content (AvgIpc) is 3.78. The number of aromatic nitrogens is 6. The molecule has 0 spiro atoms. The minimum absolute atomic E-state index is 0.114. The van der Waals surface area contributed by atoms with Gasteiger partial charge < -0.3 is 44.5 Å². The Morgan fingerprint density at radius 2 is 1.72 bits per heavy atom. The number of fused-ring (bicyclic) bond motifs is 1. The van der Waals surface area contributed by atoms with E-state index in [2.05, 4.69) is 87.2 Å². The molecule has 1 amide bonds. The van der Waals surface area contributed by atoms with Gasteiger partial charge in [0.15, 0.2) is 5.65 Å². The van der Waals surface area contributed by atoms with E-state index in [-0.39, 0.29) is 47.6 Å². The quantitative estimate of drug-likeness (QED) is 0.0671. The first kappa shape index (κ1) is 48.6. The maximum Gasteiger partial charge on any atom is 0.254 e. The minimum atomic E-state index is -0.387. The molecule has 5 aromatic rings. The van der Waals surface area contributed by atoms with E-state index in [1.807, 2.05) is 29.0 Å². The first-order valence-electron chi connectivity index (χ1n) is 23.9. The summed E-state index contributed by atoms with van der Waals surface area (Å²) in [5, 5.41) is 30.7. The minimum Gasteiger partial charge on any atom is -0.489 e. The van der Waals surface area contributed by atoms with Crippen LogP contribution in [0.4, 0.5) is 17.6 Å². The average molecular weight is 951 g/mol. The topological polar surface area (TPSA) is 197 Å². The van der Waals surface area contributed by atoms with E-state index >= 15 is 0 Å². The van der Waals surface area contributed by atoms with Crippen LogP contribution in [0.5, 0.6) is 11.6 Å². The van der Waals surface area contributed by atoms with Crippen LogP contribution in [0.25, 0.3) is 5.65 Å².